The molecule has 0 radical (unpaired) electrons. The number of benzene rings is 1. The predicted octanol–water partition coefficient (Wildman–Crippen LogP) is 3.57. The highest BCUT2D eigenvalue weighted by Crippen LogP contribution is 2.25. The van der Waals surface area contributed by atoms with Crippen molar-refractivity contribution in [3.8, 4) is 5.75 Å². The molecule has 0 aromatic heterocycles. The third-order valence-electron chi connectivity index (χ3n) is 2.55. The maximum Gasteiger partial charge on any atom is 0.121 e. The van der Waals surface area contributed by atoms with Crippen molar-refractivity contribution in [1.82, 2.24) is 5.32 Å². The zero-order valence-electron chi connectivity index (χ0n) is 10.1. The van der Waals surface area contributed by atoms with E-state index in [9.17, 15) is 5.11 Å². The molecule has 0 aliphatic carbocycles. The van der Waals surface area contributed by atoms with E-state index >= 15 is 0 Å². The molecule has 16 heavy (non-hydrogen) atoms. The van der Waals surface area contributed by atoms with Crippen molar-refractivity contribution >= 4 is 11.6 Å². The largest absolute Gasteiger partial charge is 0.508 e. The van der Waals surface area contributed by atoms with Crippen LogP contribution in [0.2, 0.25) is 5.02 Å². The summed E-state index contributed by atoms with van der Waals surface area (Å²) < 4.78 is 0. The minimum absolute atomic E-state index is 0.261. The third kappa shape index (κ3) is 4.03. The molecule has 0 saturated heterocycles. The number of rotatable bonds is 5. The van der Waals surface area contributed by atoms with Gasteiger partial charge in [-0.2, -0.15) is 0 Å². The second-order valence-electron chi connectivity index (χ2n) is 4.65. The average molecular weight is 242 g/mol. The van der Waals surface area contributed by atoms with E-state index in [1.165, 1.54) is 0 Å². The van der Waals surface area contributed by atoms with Gasteiger partial charge in [0.25, 0.3) is 0 Å². The lowest BCUT2D eigenvalue weighted by molar-refractivity contribution is 0.429. The van der Waals surface area contributed by atoms with Crippen molar-refractivity contribution < 1.29 is 5.11 Å². The van der Waals surface area contributed by atoms with E-state index in [1.807, 2.05) is 0 Å². The Kier molecular flexibility index (Phi) is 5.10. The minimum Gasteiger partial charge on any atom is -0.508 e. The first-order valence-corrected chi connectivity index (χ1v) is 6.08. The van der Waals surface area contributed by atoms with Crippen molar-refractivity contribution in [1.29, 1.82) is 0 Å². The lowest BCUT2D eigenvalue weighted by atomic mass is 10.0. The zero-order valence-corrected chi connectivity index (χ0v) is 10.9. The Morgan fingerprint density at radius 1 is 1.31 bits per heavy atom. The summed E-state index contributed by atoms with van der Waals surface area (Å²) >= 11 is 6.02. The van der Waals surface area contributed by atoms with Crippen LogP contribution in [0.3, 0.4) is 0 Å². The smallest absolute Gasteiger partial charge is 0.121 e. The Morgan fingerprint density at radius 3 is 2.56 bits per heavy atom. The van der Waals surface area contributed by atoms with E-state index < -0.39 is 0 Å². The summed E-state index contributed by atoms with van der Waals surface area (Å²) in [5, 5.41) is 13.6. The van der Waals surface area contributed by atoms with Gasteiger partial charge in [-0.05, 0) is 31.4 Å². The summed E-state index contributed by atoms with van der Waals surface area (Å²) in [5.74, 6) is 0.930. The number of hydrogen-bond donors (Lipinski definition) is 2. The molecule has 1 unspecified atom stereocenters. The zero-order chi connectivity index (χ0) is 12.1. The summed E-state index contributed by atoms with van der Waals surface area (Å²) in [5.41, 5.74) is 0.778. The van der Waals surface area contributed by atoms with E-state index in [0.717, 1.165) is 12.0 Å². The summed E-state index contributed by atoms with van der Waals surface area (Å²) in [6.45, 7) is 7.16. The van der Waals surface area contributed by atoms with Crippen LogP contribution in [0.5, 0.6) is 5.75 Å². The van der Waals surface area contributed by atoms with Gasteiger partial charge in [0.1, 0.15) is 5.75 Å². The fourth-order valence-corrected chi connectivity index (χ4v) is 2.03. The quantitative estimate of drug-likeness (QED) is 0.826. The molecule has 0 aliphatic rings. The van der Waals surface area contributed by atoms with Crippen LogP contribution >= 0.6 is 11.6 Å². The Morgan fingerprint density at radius 2 is 2.00 bits per heavy atom. The molecule has 1 rings (SSSR count). The molecule has 0 spiro atoms. The number of aromatic hydroxyl groups is 1. The van der Waals surface area contributed by atoms with Gasteiger partial charge < -0.3 is 10.4 Å². The van der Waals surface area contributed by atoms with Crippen LogP contribution in [-0.4, -0.2) is 11.1 Å². The van der Waals surface area contributed by atoms with Crippen molar-refractivity contribution in [2.45, 2.75) is 39.8 Å². The summed E-state index contributed by atoms with van der Waals surface area (Å²) in [6.07, 6.45) is 1.12. The van der Waals surface area contributed by atoms with Crippen molar-refractivity contribution in [3.63, 3.8) is 0 Å². The van der Waals surface area contributed by atoms with E-state index in [-0.39, 0.29) is 5.75 Å². The van der Waals surface area contributed by atoms with Crippen molar-refractivity contribution in [2.75, 3.05) is 0 Å². The lowest BCUT2D eigenvalue weighted by Gasteiger charge is -2.16. The van der Waals surface area contributed by atoms with E-state index in [0.29, 0.717) is 23.5 Å². The van der Waals surface area contributed by atoms with E-state index in [4.69, 9.17) is 11.6 Å². The molecule has 2 nitrogen and oxygen atoms in total. The van der Waals surface area contributed by atoms with Crippen LogP contribution in [0.25, 0.3) is 0 Å². The summed E-state index contributed by atoms with van der Waals surface area (Å²) in [7, 11) is 0. The first-order chi connectivity index (χ1) is 7.50. The molecule has 0 bridgehead atoms. The highest BCUT2D eigenvalue weighted by Gasteiger charge is 2.08. The van der Waals surface area contributed by atoms with Gasteiger partial charge in [0, 0.05) is 23.2 Å². The van der Waals surface area contributed by atoms with Crippen LogP contribution < -0.4 is 5.32 Å². The molecule has 0 aliphatic heterocycles. The Hall–Kier alpha value is -0.730. The molecular weight excluding hydrogens is 222 g/mol. The monoisotopic (exact) mass is 241 g/mol. The van der Waals surface area contributed by atoms with E-state index in [2.05, 4.69) is 26.1 Å². The summed E-state index contributed by atoms with van der Waals surface area (Å²) in [6, 6.07) is 5.64. The topological polar surface area (TPSA) is 32.3 Å². The number of hydrogen-bond acceptors (Lipinski definition) is 2. The lowest BCUT2D eigenvalue weighted by Crippen LogP contribution is -2.27. The van der Waals surface area contributed by atoms with Crippen LogP contribution in [0.4, 0.5) is 0 Å². The van der Waals surface area contributed by atoms with Crippen LogP contribution in [0.1, 0.15) is 32.8 Å². The maximum absolute atomic E-state index is 9.66. The van der Waals surface area contributed by atoms with Gasteiger partial charge in [0.2, 0.25) is 0 Å². The first-order valence-electron chi connectivity index (χ1n) is 5.70. The Bertz CT molecular complexity index is 318. The van der Waals surface area contributed by atoms with Crippen LogP contribution in [0.15, 0.2) is 18.2 Å². The molecule has 0 heterocycles. The molecule has 90 valence electrons. The Labute approximate surface area is 103 Å². The van der Waals surface area contributed by atoms with Gasteiger partial charge in [0.15, 0.2) is 0 Å². The number of nitrogens with one attached hydrogen (secondary N) is 1. The second kappa shape index (κ2) is 6.12. The SMILES string of the molecule is CC(C)CC(C)NCc1c(O)cccc1Cl. The standard InChI is InChI=1S/C13H20ClNO/c1-9(2)7-10(3)15-8-11-12(14)5-4-6-13(11)16/h4-6,9-10,15-16H,7-8H2,1-3H3. The van der Waals surface area contributed by atoms with Gasteiger partial charge in [0.05, 0.1) is 0 Å². The number of phenols is 1. The van der Waals surface area contributed by atoms with Crippen molar-refractivity contribution in [2.24, 2.45) is 5.92 Å². The van der Waals surface area contributed by atoms with Crippen LogP contribution in [0, 0.1) is 5.92 Å². The van der Waals surface area contributed by atoms with Crippen molar-refractivity contribution in [3.05, 3.63) is 28.8 Å². The van der Waals surface area contributed by atoms with Gasteiger partial charge in [-0.3, -0.25) is 0 Å². The summed E-state index contributed by atoms with van der Waals surface area (Å²) in [4.78, 5) is 0. The molecule has 1 aromatic carbocycles. The first kappa shape index (κ1) is 13.3. The molecule has 0 saturated carbocycles. The maximum atomic E-state index is 9.66. The highest BCUT2D eigenvalue weighted by atomic mass is 35.5. The fraction of sp³-hybridized carbons (Fsp3) is 0.538. The van der Waals surface area contributed by atoms with Crippen LogP contribution in [-0.2, 0) is 6.54 Å². The molecule has 2 N–H and O–H groups in total. The average Bonchev–Trinajstić information content (AvgIpc) is 2.15. The minimum atomic E-state index is 0.261. The molecule has 0 fully saturated rings. The van der Waals surface area contributed by atoms with Gasteiger partial charge in [-0.15, -0.1) is 0 Å². The third-order valence-corrected chi connectivity index (χ3v) is 2.90. The normalized spacial score (nSPS) is 13.1. The molecular formula is C13H20ClNO. The van der Waals surface area contributed by atoms with Gasteiger partial charge in [-0.1, -0.05) is 31.5 Å². The molecule has 0 amide bonds. The fourth-order valence-electron chi connectivity index (χ4n) is 1.79. The molecule has 1 aromatic rings. The molecule has 1 atom stereocenters. The Balaban J connectivity index is 2.54. The second-order valence-corrected chi connectivity index (χ2v) is 5.06. The molecule has 3 heteroatoms. The van der Waals surface area contributed by atoms with Gasteiger partial charge in [-0.25, -0.2) is 0 Å². The highest BCUT2D eigenvalue weighted by molar-refractivity contribution is 6.31. The number of phenolic OH excluding ortho intramolecular Hbond substituents is 1. The number of halogens is 1. The van der Waals surface area contributed by atoms with Gasteiger partial charge >= 0.3 is 0 Å². The predicted molar refractivity (Wildman–Crippen MR) is 68.9 cm³/mol. The van der Waals surface area contributed by atoms with E-state index in [1.54, 1.807) is 18.2 Å².